The van der Waals surface area contributed by atoms with Crippen LogP contribution in [-0.2, 0) is 6.54 Å². The van der Waals surface area contributed by atoms with Crippen LogP contribution in [0.15, 0.2) is 24.3 Å². The number of hydrogen-bond donors (Lipinski definition) is 1. The molecule has 1 aliphatic carbocycles. The molecule has 20 heavy (non-hydrogen) atoms. The van der Waals surface area contributed by atoms with Crippen LogP contribution in [0.4, 0.5) is 0 Å². The van der Waals surface area contributed by atoms with Gasteiger partial charge in [-0.1, -0.05) is 12.2 Å². The molecule has 0 bridgehead atoms. The Morgan fingerprint density at radius 3 is 2.25 bits per heavy atom. The number of ether oxygens (including phenoxy) is 3. The fraction of sp³-hybridized carbons (Fsp3) is 0.500. The summed E-state index contributed by atoms with van der Waals surface area (Å²) < 4.78 is 16.1. The van der Waals surface area contributed by atoms with Gasteiger partial charge in [-0.15, -0.1) is 0 Å². The third-order valence-corrected chi connectivity index (χ3v) is 3.59. The molecule has 0 heterocycles. The summed E-state index contributed by atoms with van der Waals surface area (Å²) in [6.45, 7) is 0.801. The summed E-state index contributed by atoms with van der Waals surface area (Å²) in [7, 11) is 4.90. The minimum Gasteiger partial charge on any atom is -0.493 e. The number of nitrogens with one attached hydrogen (secondary N) is 1. The molecule has 110 valence electrons. The van der Waals surface area contributed by atoms with Crippen LogP contribution in [0.5, 0.6) is 17.2 Å². The maximum Gasteiger partial charge on any atom is 0.203 e. The first-order valence-corrected chi connectivity index (χ1v) is 6.95. The van der Waals surface area contributed by atoms with Crippen LogP contribution >= 0.6 is 0 Å². The Kier molecular flexibility index (Phi) is 5.30. The van der Waals surface area contributed by atoms with Gasteiger partial charge in [0.05, 0.1) is 21.3 Å². The van der Waals surface area contributed by atoms with Crippen molar-refractivity contribution < 1.29 is 14.2 Å². The molecular weight excluding hydrogens is 254 g/mol. The van der Waals surface area contributed by atoms with Crippen molar-refractivity contribution in [1.82, 2.24) is 5.32 Å². The average Bonchev–Trinajstić information content (AvgIpc) is 2.52. The molecule has 0 aromatic heterocycles. The van der Waals surface area contributed by atoms with Gasteiger partial charge in [-0.05, 0) is 37.0 Å². The second-order valence-corrected chi connectivity index (χ2v) is 4.90. The van der Waals surface area contributed by atoms with Crippen LogP contribution in [0.3, 0.4) is 0 Å². The van der Waals surface area contributed by atoms with Crippen molar-refractivity contribution in [3.05, 3.63) is 29.8 Å². The van der Waals surface area contributed by atoms with Gasteiger partial charge in [0, 0.05) is 12.6 Å². The molecule has 1 atom stereocenters. The normalized spacial score (nSPS) is 17.9. The lowest BCUT2D eigenvalue weighted by Gasteiger charge is -2.20. The molecule has 0 fully saturated rings. The summed E-state index contributed by atoms with van der Waals surface area (Å²) in [5.74, 6) is 2.04. The predicted molar refractivity (Wildman–Crippen MR) is 79.7 cm³/mol. The third kappa shape index (κ3) is 3.45. The van der Waals surface area contributed by atoms with Crippen LogP contribution in [0.1, 0.15) is 24.8 Å². The zero-order valence-corrected chi connectivity index (χ0v) is 12.4. The third-order valence-electron chi connectivity index (χ3n) is 3.59. The van der Waals surface area contributed by atoms with E-state index in [4.69, 9.17) is 14.2 Å². The molecule has 1 unspecified atom stereocenters. The van der Waals surface area contributed by atoms with Crippen molar-refractivity contribution in [3.63, 3.8) is 0 Å². The minimum absolute atomic E-state index is 0.555. The van der Waals surface area contributed by atoms with E-state index in [9.17, 15) is 0 Å². The van der Waals surface area contributed by atoms with E-state index >= 15 is 0 Å². The predicted octanol–water partition coefficient (Wildman–Crippen LogP) is 2.91. The largest absolute Gasteiger partial charge is 0.493 e. The van der Waals surface area contributed by atoms with Gasteiger partial charge in [0.25, 0.3) is 0 Å². The minimum atomic E-state index is 0.555. The van der Waals surface area contributed by atoms with E-state index < -0.39 is 0 Å². The van der Waals surface area contributed by atoms with E-state index in [-0.39, 0.29) is 0 Å². The van der Waals surface area contributed by atoms with E-state index in [0.29, 0.717) is 23.3 Å². The lowest BCUT2D eigenvalue weighted by molar-refractivity contribution is 0.323. The fourth-order valence-corrected chi connectivity index (χ4v) is 2.48. The molecule has 1 aromatic carbocycles. The Morgan fingerprint density at radius 2 is 1.75 bits per heavy atom. The molecule has 0 radical (unpaired) electrons. The number of rotatable bonds is 6. The Hall–Kier alpha value is -1.68. The summed E-state index contributed by atoms with van der Waals surface area (Å²) in [6.07, 6.45) is 7.95. The highest BCUT2D eigenvalue weighted by molar-refractivity contribution is 5.53. The average molecular weight is 277 g/mol. The molecule has 1 aliphatic rings. The highest BCUT2D eigenvalue weighted by atomic mass is 16.5. The summed E-state index contributed by atoms with van der Waals surface area (Å²) >= 11 is 0. The standard InChI is InChI=1S/C16H23NO3/c1-18-14-9-12(10-15(19-2)16(14)20-3)11-17-13-7-5-4-6-8-13/h4-5,9-10,13,17H,6-8,11H2,1-3H3. The van der Waals surface area contributed by atoms with E-state index in [0.717, 1.165) is 24.9 Å². The van der Waals surface area contributed by atoms with Crippen LogP contribution in [-0.4, -0.2) is 27.4 Å². The first-order valence-electron chi connectivity index (χ1n) is 6.95. The van der Waals surface area contributed by atoms with Gasteiger partial charge in [-0.2, -0.15) is 0 Å². The van der Waals surface area contributed by atoms with Gasteiger partial charge < -0.3 is 19.5 Å². The first kappa shape index (κ1) is 14.7. The lowest BCUT2D eigenvalue weighted by atomic mass is 10.0. The zero-order chi connectivity index (χ0) is 14.4. The number of hydrogen-bond acceptors (Lipinski definition) is 4. The van der Waals surface area contributed by atoms with Crippen molar-refractivity contribution in [1.29, 1.82) is 0 Å². The van der Waals surface area contributed by atoms with Crippen LogP contribution in [0, 0.1) is 0 Å². The maximum absolute atomic E-state index is 5.37. The molecule has 0 spiro atoms. The molecule has 2 rings (SSSR count). The van der Waals surface area contributed by atoms with Crippen molar-refractivity contribution in [2.24, 2.45) is 0 Å². The molecule has 4 heteroatoms. The SMILES string of the molecule is COc1cc(CNC2CC=CCC2)cc(OC)c1OC. The lowest BCUT2D eigenvalue weighted by Crippen LogP contribution is -2.29. The molecule has 1 aromatic rings. The van der Waals surface area contributed by atoms with Gasteiger partial charge in [-0.25, -0.2) is 0 Å². The Morgan fingerprint density at radius 1 is 1.05 bits per heavy atom. The molecule has 0 aliphatic heterocycles. The second-order valence-electron chi connectivity index (χ2n) is 4.90. The van der Waals surface area contributed by atoms with Gasteiger partial charge in [0.1, 0.15) is 0 Å². The Labute approximate surface area is 120 Å². The number of benzene rings is 1. The molecule has 0 saturated carbocycles. The summed E-state index contributed by atoms with van der Waals surface area (Å²) in [5, 5.41) is 3.57. The smallest absolute Gasteiger partial charge is 0.203 e. The van der Waals surface area contributed by atoms with Gasteiger partial charge in [-0.3, -0.25) is 0 Å². The quantitative estimate of drug-likeness (QED) is 0.812. The van der Waals surface area contributed by atoms with Crippen LogP contribution in [0.2, 0.25) is 0 Å². The van der Waals surface area contributed by atoms with Gasteiger partial charge >= 0.3 is 0 Å². The summed E-state index contributed by atoms with van der Waals surface area (Å²) in [6, 6.07) is 4.54. The topological polar surface area (TPSA) is 39.7 Å². The highest BCUT2D eigenvalue weighted by Crippen LogP contribution is 2.38. The summed E-state index contributed by atoms with van der Waals surface area (Å²) in [5.41, 5.74) is 1.13. The Bertz CT molecular complexity index is 446. The maximum atomic E-state index is 5.37. The monoisotopic (exact) mass is 277 g/mol. The van der Waals surface area contributed by atoms with E-state index in [2.05, 4.69) is 17.5 Å². The van der Waals surface area contributed by atoms with Gasteiger partial charge in [0.2, 0.25) is 5.75 Å². The summed E-state index contributed by atoms with van der Waals surface area (Å²) in [4.78, 5) is 0. The number of methoxy groups -OCH3 is 3. The molecular formula is C16H23NO3. The van der Waals surface area contributed by atoms with Crippen LogP contribution in [0.25, 0.3) is 0 Å². The van der Waals surface area contributed by atoms with Gasteiger partial charge in [0.15, 0.2) is 11.5 Å². The molecule has 0 saturated heterocycles. The Balaban J connectivity index is 2.09. The highest BCUT2D eigenvalue weighted by Gasteiger charge is 2.14. The fourth-order valence-electron chi connectivity index (χ4n) is 2.48. The molecule has 4 nitrogen and oxygen atoms in total. The number of allylic oxidation sites excluding steroid dienone is 1. The first-order chi connectivity index (χ1) is 9.78. The van der Waals surface area contributed by atoms with Crippen molar-refractivity contribution in [2.75, 3.05) is 21.3 Å². The molecule has 1 N–H and O–H groups in total. The van der Waals surface area contributed by atoms with E-state index in [1.54, 1.807) is 21.3 Å². The van der Waals surface area contributed by atoms with Crippen molar-refractivity contribution in [2.45, 2.75) is 31.8 Å². The van der Waals surface area contributed by atoms with Crippen molar-refractivity contribution in [3.8, 4) is 17.2 Å². The van der Waals surface area contributed by atoms with E-state index in [1.807, 2.05) is 12.1 Å². The zero-order valence-electron chi connectivity index (χ0n) is 12.4. The molecule has 0 amide bonds. The van der Waals surface area contributed by atoms with Crippen molar-refractivity contribution >= 4 is 0 Å². The second kappa shape index (κ2) is 7.20. The van der Waals surface area contributed by atoms with E-state index in [1.165, 1.54) is 6.42 Å². The van der Waals surface area contributed by atoms with Crippen LogP contribution < -0.4 is 19.5 Å².